The van der Waals surface area contributed by atoms with Crippen LogP contribution >= 0.6 is 0 Å². The lowest BCUT2D eigenvalue weighted by atomic mass is 9.81. The molecule has 12 aromatic rings. The van der Waals surface area contributed by atoms with E-state index in [0.717, 1.165) is 107 Å². The Morgan fingerprint density at radius 2 is 0.821 bits per heavy atom. The highest BCUT2D eigenvalue weighted by Gasteiger charge is 2.49. The van der Waals surface area contributed by atoms with Gasteiger partial charge in [-0.15, -0.1) is 0 Å². The maximum atomic E-state index is 12.2. The second-order valence-corrected chi connectivity index (χ2v) is 25.9. The number of carbonyl (C=O) groups excluding carboxylic acids is 1. The number of piperazine rings is 2. The summed E-state index contributed by atoms with van der Waals surface area (Å²) in [5.41, 5.74) is 5.70. The van der Waals surface area contributed by atoms with Crippen molar-refractivity contribution < 1.29 is 35.7 Å². The molecule has 6 aromatic heterocycles. The number of halogens is 3. The monoisotopic (exact) mass is 1470 g/mol. The van der Waals surface area contributed by atoms with Gasteiger partial charge in [0.15, 0.2) is 5.75 Å². The third-order valence-electron chi connectivity index (χ3n) is 18.5. The molecule has 106 heavy (non-hydrogen) atoms. The van der Waals surface area contributed by atoms with Crippen LogP contribution in [0.15, 0.2) is 207 Å². The Morgan fingerprint density at radius 3 is 1.27 bits per heavy atom. The lowest BCUT2D eigenvalue weighted by Crippen LogP contribution is -2.51. The van der Waals surface area contributed by atoms with Gasteiger partial charge in [0.25, 0.3) is 0 Å². The van der Waals surface area contributed by atoms with Crippen molar-refractivity contribution >= 4 is 92.7 Å². The number of rotatable bonds is 7. The number of benzene rings is 6. The van der Waals surface area contributed by atoms with Gasteiger partial charge in [0.1, 0.15) is 22.6 Å². The SMILES string of the molecule is CC.CC.CC.CC.CC.CC.Cn1cc(C2CCC(=O)CC2)c2ccccc21.Cn1cc(C2CCC(N3CCN(c4cccc5cccnc45)CC3)CC2)c2ccccc21.O=S(=O)(Oc1cccc2cccnc12)C(F)(F)F.Oc1cccc2cccnc12.c1cnc2c(N3CCNCC3)cccc2c1. The van der Waals surface area contributed by atoms with Gasteiger partial charge in [-0.05, 0) is 122 Å². The molecule has 0 radical (unpaired) electrons. The van der Waals surface area contributed by atoms with Crippen LogP contribution in [0.2, 0.25) is 0 Å². The molecule has 4 fully saturated rings. The molecule has 8 heterocycles. The molecule has 0 spiro atoms. The summed E-state index contributed by atoms with van der Waals surface area (Å²) in [4.78, 5) is 36.0. The van der Waals surface area contributed by atoms with E-state index in [1.165, 1.54) is 87.5 Å². The zero-order chi connectivity index (χ0) is 77.2. The van der Waals surface area contributed by atoms with E-state index in [0.29, 0.717) is 28.5 Å². The molecule has 2 aliphatic heterocycles. The first-order valence-electron chi connectivity index (χ1n) is 38.3. The van der Waals surface area contributed by atoms with E-state index in [9.17, 15) is 31.5 Å². The highest BCUT2D eigenvalue weighted by atomic mass is 32.2. The number of para-hydroxylation sites is 6. The molecule has 0 amide bonds. The Morgan fingerprint density at radius 1 is 0.443 bits per heavy atom. The van der Waals surface area contributed by atoms with E-state index in [4.69, 9.17) is 0 Å². The summed E-state index contributed by atoms with van der Waals surface area (Å²) in [5, 5.41) is 19.4. The average molecular weight is 1470 g/mol. The predicted octanol–water partition coefficient (Wildman–Crippen LogP) is 21.2. The topological polar surface area (TPSA) is 164 Å². The van der Waals surface area contributed by atoms with Crippen LogP contribution in [-0.2, 0) is 29.0 Å². The number of anilines is 2. The van der Waals surface area contributed by atoms with Crippen molar-refractivity contribution in [1.82, 2.24) is 39.3 Å². The average Bonchev–Trinajstić information content (AvgIpc) is 1.74. The molecule has 4 aliphatic rings. The van der Waals surface area contributed by atoms with Crippen LogP contribution in [0.3, 0.4) is 0 Å². The number of nitrogens with zero attached hydrogens (tertiary/aromatic N) is 9. The first kappa shape index (κ1) is 85.5. The maximum Gasteiger partial charge on any atom is 0.534 e. The number of carbonyl (C=O) groups is 1. The largest absolute Gasteiger partial charge is 0.534 e. The van der Waals surface area contributed by atoms with Crippen LogP contribution in [0.1, 0.15) is 157 Å². The van der Waals surface area contributed by atoms with Crippen LogP contribution in [0.4, 0.5) is 24.5 Å². The standard InChI is InChI=1S/C28H32N4.C15H17NO.C13H15N3.C10H6F3NO3S.C9H7NO.6C2H6/c1-30-20-25(24-8-2-3-9-26(24)30)21-11-13-23(14-12-21)31-16-18-32(19-17-31)27-10-4-6-22-7-5-15-29-28(22)27;1-16-10-14(11-6-8-12(17)9-7-11)13-4-2-3-5-15(13)16;1-3-11-4-2-6-15-13(11)12(5-1)16-9-7-14-8-10-16;11-10(12,13)18(15,16)17-8-5-1-3-7-4-2-6-14-9(7)8;11-8-5-1-3-7-4-2-6-10-9(7)8;6*1-2/h2-10,15,20-21,23H,11-14,16-19H2,1H3;2-5,10-11H,6-9H2,1H3;1-6,14H,7-10H2;1-6H;1-6,11H;6*1-2H3. The highest BCUT2D eigenvalue weighted by molar-refractivity contribution is 7.88. The number of aromatic hydroxyl groups is 1. The first-order chi connectivity index (χ1) is 51.7. The zero-order valence-corrected chi connectivity index (χ0v) is 65.6. The minimum atomic E-state index is -5.68. The molecule has 6 aromatic carbocycles. The number of pyridine rings is 4. The van der Waals surface area contributed by atoms with Crippen molar-refractivity contribution in [1.29, 1.82) is 0 Å². The van der Waals surface area contributed by atoms with Gasteiger partial charge >= 0.3 is 15.6 Å². The number of nitrogens with one attached hydrogen (secondary N) is 1. The highest BCUT2D eigenvalue weighted by Crippen LogP contribution is 2.40. The molecule has 2 aliphatic carbocycles. The molecule has 15 nitrogen and oxygen atoms in total. The van der Waals surface area contributed by atoms with E-state index >= 15 is 0 Å². The predicted molar refractivity (Wildman–Crippen MR) is 438 cm³/mol. The van der Waals surface area contributed by atoms with Crippen molar-refractivity contribution in [2.45, 2.75) is 158 Å². The summed E-state index contributed by atoms with van der Waals surface area (Å²) in [5.74, 6) is 1.49. The fourth-order valence-corrected chi connectivity index (χ4v) is 14.2. The lowest BCUT2D eigenvalue weighted by molar-refractivity contribution is -0.120. The second kappa shape index (κ2) is 43.9. The number of alkyl halides is 3. The van der Waals surface area contributed by atoms with Crippen LogP contribution in [0.25, 0.3) is 65.4 Å². The lowest BCUT2D eigenvalue weighted by Gasteiger charge is -2.42. The molecule has 0 atom stereocenters. The van der Waals surface area contributed by atoms with Crippen molar-refractivity contribution in [3.63, 3.8) is 0 Å². The van der Waals surface area contributed by atoms with Gasteiger partial charge in [0.05, 0.1) is 22.4 Å². The summed E-state index contributed by atoms with van der Waals surface area (Å²) in [6, 6.07) is 55.8. The van der Waals surface area contributed by atoms with Crippen molar-refractivity contribution in [2.24, 2.45) is 14.1 Å². The number of phenolic OH excluding ortho intramolecular Hbond substituents is 1. The summed E-state index contributed by atoms with van der Waals surface area (Å²) < 4.78 is 66.9. The third-order valence-corrected chi connectivity index (χ3v) is 19.5. The number of hydrogen-bond acceptors (Lipinski definition) is 13. The minimum Gasteiger partial charge on any atom is -0.506 e. The number of Topliss-reactive ketones (excluding diaryl/α,β-unsaturated/α-hetero) is 1. The Labute approximate surface area is 628 Å². The number of aromatic nitrogens is 6. The number of aryl methyl sites for hydroxylation is 2. The minimum absolute atomic E-state index is 0.0489. The van der Waals surface area contributed by atoms with Crippen molar-refractivity contribution in [2.75, 3.05) is 62.2 Å². The quantitative estimate of drug-likeness (QED) is 0.115. The Balaban J connectivity index is 0.000000208. The van der Waals surface area contributed by atoms with Gasteiger partial charge in [-0.1, -0.05) is 192 Å². The van der Waals surface area contributed by atoms with E-state index < -0.39 is 21.4 Å². The maximum absolute atomic E-state index is 12.2. The fraction of sp³-hybridized carbons (Fsp3) is 0.391. The van der Waals surface area contributed by atoms with Gasteiger partial charge in [-0.25, -0.2) is 0 Å². The molecule has 2 saturated heterocycles. The number of phenols is 1. The molecular weight excluding hydrogens is 1350 g/mol. The number of hydrogen-bond donors (Lipinski definition) is 2. The van der Waals surface area contributed by atoms with Gasteiger partial charge in [-0.3, -0.25) is 29.6 Å². The van der Waals surface area contributed by atoms with Crippen LogP contribution in [0, 0.1) is 0 Å². The molecule has 568 valence electrons. The van der Waals surface area contributed by atoms with Crippen LogP contribution < -0.4 is 19.3 Å². The second-order valence-electron chi connectivity index (χ2n) is 24.4. The van der Waals surface area contributed by atoms with E-state index in [1.807, 2.05) is 126 Å². The molecule has 16 rings (SSSR count). The molecule has 0 unspecified atom stereocenters. The van der Waals surface area contributed by atoms with Gasteiger partial charge < -0.3 is 33.5 Å². The van der Waals surface area contributed by atoms with Gasteiger partial charge in [0.2, 0.25) is 0 Å². The van der Waals surface area contributed by atoms with Gasteiger partial charge in [0, 0.05) is 166 Å². The number of fused-ring (bicyclic) bond motifs is 6. The first-order valence-corrected chi connectivity index (χ1v) is 39.7. The third kappa shape index (κ3) is 22.3. The van der Waals surface area contributed by atoms with Crippen molar-refractivity contribution in [3.05, 3.63) is 218 Å². The molecule has 2 N–H and O–H groups in total. The molecule has 0 bridgehead atoms. The van der Waals surface area contributed by atoms with E-state index in [1.54, 1.807) is 42.1 Å². The summed E-state index contributed by atoms with van der Waals surface area (Å²) in [6.07, 6.45) is 20.2. The van der Waals surface area contributed by atoms with Crippen LogP contribution in [0.5, 0.6) is 11.5 Å². The summed E-state index contributed by atoms with van der Waals surface area (Å²) in [7, 11) is -1.40. The van der Waals surface area contributed by atoms with Crippen molar-refractivity contribution in [3.8, 4) is 11.5 Å². The summed E-state index contributed by atoms with van der Waals surface area (Å²) >= 11 is 0. The summed E-state index contributed by atoms with van der Waals surface area (Å²) in [6.45, 7) is 32.8. The Hall–Kier alpha value is -9.43. The Kier molecular flexibility index (Phi) is 35.4. The number of ketones is 1. The smallest absolute Gasteiger partial charge is 0.506 e. The Bertz CT molecular complexity index is 4660. The fourth-order valence-electron chi connectivity index (χ4n) is 13.7. The van der Waals surface area contributed by atoms with Gasteiger partial charge in [-0.2, -0.15) is 21.6 Å². The van der Waals surface area contributed by atoms with Crippen LogP contribution in [-0.4, -0.2) is 117 Å². The molecular formula is C87H113F3N10O5S. The van der Waals surface area contributed by atoms with E-state index in [2.05, 4.69) is 177 Å². The zero-order valence-electron chi connectivity index (χ0n) is 64.8. The molecule has 2 saturated carbocycles. The van der Waals surface area contributed by atoms with E-state index in [-0.39, 0.29) is 11.3 Å². The normalized spacial score (nSPS) is 15.7. The molecule has 19 heteroatoms.